The van der Waals surface area contributed by atoms with Gasteiger partial charge in [0.15, 0.2) is 0 Å². The number of nitrogens with zero attached hydrogens (tertiary/aromatic N) is 1. The number of anilines is 1. The number of hydrogen-bond acceptors (Lipinski definition) is 3. The van der Waals surface area contributed by atoms with Crippen molar-refractivity contribution in [2.75, 3.05) is 25.6 Å². The number of ether oxygens (including phenoxy) is 1. The molecule has 1 N–H and O–H groups in total. The zero-order chi connectivity index (χ0) is 14.1. The van der Waals surface area contributed by atoms with Crippen LogP contribution < -0.4 is 5.32 Å². The third kappa shape index (κ3) is 5.76. The molecule has 1 aromatic carbocycles. The van der Waals surface area contributed by atoms with Crippen molar-refractivity contribution in [3.05, 3.63) is 29.8 Å². The summed E-state index contributed by atoms with van der Waals surface area (Å²) >= 11 is 0. The van der Waals surface area contributed by atoms with Crippen molar-refractivity contribution in [1.29, 1.82) is 5.26 Å². The topological polar surface area (TPSA) is 45.0 Å². The van der Waals surface area contributed by atoms with E-state index in [4.69, 9.17) is 10.00 Å². The third-order valence-corrected chi connectivity index (χ3v) is 3.26. The lowest BCUT2D eigenvalue weighted by Gasteiger charge is -2.25. The van der Waals surface area contributed by atoms with E-state index in [1.54, 1.807) is 7.11 Å². The molecule has 0 amide bonds. The molecule has 1 aromatic rings. The van der Waals surface area contributed by atoms with Gasteiger partial charge in [0.2, 0.25) is 0 Å². The summed E-state index contributed by atoms with van der Waals surface area (Å²) in [6, 6.07) is 10.5. The Morgan fingerprint density at radius 3 is 2.74 bits per heavy atom. The van der Waals surface area contributed by atoms with Gasteiger partial charge in [-0.05, 0) is 29.9 Å². The maximum absolute atomic E-state index is 8.67. The maximum atomic E-state index is 8.67. The molecule has 0 bridgehead atoms. The van der Waals surface area contributed by atoms with E-state index in [1.807, 2.05) is 6.07 Å². The van der Waals surface area contributed by atoms with Crippen molar-refractivity contribution >= 4 is 5.69 Å². The Kier molecular flexibility index (Phi) is 6.38. The van der Waals surface area contributed by atoms with Crippen LogP contribution in [0.4, 0.5) is 5.69 Å². The van der Waals surface area contributed by atoms with Crippen LogP contribution in [0.5, 0.6) is 0 Å². The second kappa shape index (κ2) is 7.81. The molecule has 0 radical (unpaired) electrons. The van der Waals surface area contributed by atoms with Crippen molar-refractivity contribution < 1.29 is 4.74 Å². The van der Waals surface area contributed by atoms with Crippen LogP contribution >= 0.6 is 0 Å². The highest BCUT2D eigenvalue weighted by Crippen LogP contribution is 2.24. The van der Waals surface area contributed by atoms with E-state index in [0.717, 1.165) is 26.0 Å². The molecule has 0 heterocycles. The van der Waals surface area contributed by atoms with Gasteiger partial charge in [-0.25, -0.2) is 0 Å². The number of para-hydroxylation sites is 1. The van der Waals surface area contributed by atoms with Gasteiger partial charge in [-0.3, -0.25) is 0 Å². The summed E-state index contributed by atoms with van der Waals surface area (Å²) in [5.41, 5.74) is 2.58. The van der Waals surface area contributed by atoms with Crippen LogP contribution in [0, 0.1) is 16.7 Å². The van der Waals surface area contributed by atoms with Gasteiger partial charge < -0.3 is 10.1 Å². The van der Waals surface area contributed by atoms with Gasteiger partial charge in [0.05, 0.1) is 12.7 Å². The number of nitriles is 1. The largest absolute Gasteiger partial charge is 0.384 e. The van der Waals surface area contributed by atoms with E-state index in [2.05, 4.69) is 43.4 Å². The zero-order valence-corrected chi connectivity index (χ0v) is 12.2. The highest BCUT2D eigenvalue weighted by molar-refractivity contribution is 5.51. The average Bonchev–Trinajstić information content (AvgIpc) is 2.41. The van der Waals surface area contributed by atoms with Gasteiger partial charge in [-0.1, -0.05) is 32.0 Å². The molecule has 0 saturated heterocycles. The smallest absolute Gasteiger partial charge is 0.0621 e. The Balaban J connectivity index is 2.59. The molecule has 3 nitrogen and oxygen atoms in total. The second-order valence-corrected chi connectivity index (χ2v) is 5.58. The van der Waals surface area contributed by atoms with Crippen molar-refractivity contribution in [3.8, 4) is 6.07 Å². The Hall–Kier alpha value is -1.53. The first-order valence-electron chi connectivity index (χ1n) is 6.77. The summed E-state index contributed by atoms with van der Waals surface area (Å²) in [7, 11) is 1.72. The van der Waals surface area contributed by atoms with Crippen molar-refractivity contribution in [1.82, 2.24) is 0 Å². The van der Waals surface area contributed by atoms with E-state index in [9.17, 15) is 0 Å². The molecule has 0 unspecified atom stereocenters. The Labute approximate surface area is 116 Å². The summed E-state index contributed by atoms with van der Waals surface area (Å²) in [4.78, 5) is 0. The number of methoxy groups -OCH3 is 1. The highest BCUT2D eigenvalue weighted by Gasteiger charge is 2.17. The van der Waals surface area contributed by atoms with E-state index >= 15 is 0 Å². The van der Waals surface area contributed by atoms with E-state index in [-0.39, 0.29) is 5.41 Å². The molecule has 0 spiro atoms. The molecule has 0 fully saturated rings. The molecule has 1 rings (SSSR count). The average molecular weight is 260 g/mol. The summed E-state index contributed by atoms with van der Waals surface area (Å²) in [5, 5.41) is 12.2. The first-order valence-corrected chi connectivity index (χ1v) is 6.77. The predicted molar refractivity (Wildman–Crippen MR) is 79.1 cm³/mol. The number of benzene rings is 1. The Morgan fingerprint density at radius 1 is 1.32 bits per heavy atom. The number of nitrogens with one attached hydrogen (secondary N) is 1. The normalized spacial score (nSPS) is 11.1. The minimum Gasteiger partial charge on any atom is -0.384 e. The summed E-state index contributed by atoms with van der Waals surface area (Å²) in [6.45, 7) is 5.99. The van der Waals surface area contributed by atoms with Crippen molar-refractivity contribution in [2.24, 2.45) is 5.41 Å². The van der Waals surface area contributed by atoms with Gasteiger partial charge in [0.1, 0.15) is 0 Å². The fourth-order valence-electron chi connectivity index (χ4n) is 1.94. The monoisotopic (exact) mass is 260 g/mol. The molecule has 3 heteroatoms. The van der Waals surface area contributed by atoms with Gasteiger partial charge in [-0.15, -0.1) is 0 Å². The molecule has 0 aliphatic heterocycles. The second-order valence-electron chi connectivity index (χ2n) is 5.58. The standard InChI is InChI=1S/C16H24N2O/c1-16(2,10-6-11-17)13-18-15-8-5-4-7-14(15)9-12-19-3/h4-5,7-8,18H,6,9-10,12-13H2,1-3H3. The number of rotatable bonds is 8. The van der Waals surface area contributed by atoms with E-state index in [0.29, 0.717) is 6.42 Å². The molecule has 0 aliphatic carbocycles. The van der Waals surface area contributed by atoms with E-state index in [1.165, 1.54) is 11.3 Å². The van der Waals surface area contributed by atoms with Gasteiger partial charge >= 0.3 is 0 Å². The Bertz CT molecular complexity index is 421. The zero-order valence-electron chi connectivity index (χ0n) is 12.2. The molecule has 0 aromatic heterocycles. The minimum atomic E-state index is 0.129. The predicted octanol–water partition coefficient (Wildman–Crippen LogP) is 3.62. The third-order valence-electron chi connectivity index (χ3n) is 3.26. The fraction of sp³-hybridized carbons (Fsp3) is 0.562. The first kappa shape index (κ1) is 15.5. The first-order chi connectivity index (χ1) is 9.09. The number of hydrogen-bond donors (Lipinski definition) is 1. The van der Waals surface area contributed by atoms with Crippen LogP contribution in [0.15, 0.2) is 24.3 Å². The van der Waals surface area contributed by atoms with Crippen molar-refractivity contribution in [2.45, 2.75) is 33.1 Å². The van der Waals surface area contributed by atoms with Crippen molar-refractivity contribution in [3.63, 3.8) is 0 Å². The van der Waals surface area contributed by atoms with E-state index < -0.39 is 0 Å². The minimum absolute atomic E-state index is 0.129. The molecule has 104 valence electrons. The van der Waals surface area contributed by atoms with Crippen LogP contribution in [-0.4, -0.2) is 20.3 Å². The molecule has 0 atom stereocenters. The van der Waals surface area contributed by atoms with Gasteiger partial charge in [0, 0.05) is 25.8 Å². The lowest BCUT2D eigenvalue weighted by atomic mass is 9.88. The van der Waals surface area contributed by atoms with Crippen LogP contribution in [0.3, 0.4) is 0 Å². The Morgan fingerprint density at radius 2 is 2.05 bits per heavy atom. The fourth-order valence-corrected chi connectivity index (χ4v) is 1.94. The summed E-state index contributed by atoms with van der Waals surface area (Å²) in [5.74, 6) is 0. The molecule has 0 aliphatic rings. The van der Waals surface area contributed by atoms with Crippen LogP contribution in [0.1, 0.15) is 32.3 Å². The molecule has 19 heavy (non-hydrogen) atoms. The molecule has 0 saturated carbocycles. The quantitative estimate of drug-likeness (QED) is 0.776. The van der Waals surface area contributed by atoms with Crippen LogP contribution in [0.25, 0.3) is 0 Å². The summed E-state index contributed by atoms with van der Waals surface area (Å²) in [6.07, 6.45) is 2.44. The summed E-state index contributed by atoms with van der Waals surface area (Å²) < 4.78 is 5.14. The lowest BCUT2D eigenvalue weighted by molar-refractivity contribution is 0.202. The lowest BCUT2D eigenvalue weighted by Crippen LogP contribution is -2.23. The van der Waals surface area contributed by atoms with Gasteiger partial charge in [0.25, 0.3) is 0 Å². The SMILES string of the molecule is COCCc1ccccc1NCC(C)(C)CCC#N. The molecular weight excluding hydrogens is 236 g/mol. The highest BCUT2D eigenvalue weighted by atomic mass is 16.5. The van der Waals surface area contributed by atoms with Gasteiger partial charge in [-0.2, -0.15) is 5.26 Å². The maximum Gasteiger partial charge on any atom is 0.0621 e. The van der Waals surface area contributed by atoms with Crippen LogP contribution in [0.2, 0.25) is 0 Å². The van der Waals surface area contributed by atoms with Crippen LogP contribution in [-0.2, 0) is 11.2 Å². The molecular formula is C16H24N2O.